The third kappa shape index (κ3) is 25.2. The minimum atomic E-state index is -0.0642. The van der Waals surface area contributed by atoms with Gasteiger partial charge in [-0.15, -0.1) is 0 Å². The minimum Gasteiger partial charge on any atom is -0.469 e. The molecule has 0 aromatic carbocycles. The van der Waals surface area contributed by atoms with Gasteiger partial charge >= 0.3 is 5.97 Å². The Morgan fingerprint density at radius 2 is 0.897 bits per heavy atom. The normalized spacial score (nSPS) is 11.4. The van der Waals surface area contributed by atoms with Crippen molar-refractivity contribution in [3.8, 4) is 0 Å². The number of unbranched alkanes of at least 4 members (excludes halogenated alkanes) is 19. The van der Waals surface area contributed by atoms with Crippen LogP contribution in [0.5, 0.6) is 0 Å². The van der Waals surface area contributed by atoms with Crippen LogP contribution in [0.25, 0.3) is 0 Å². The predicted octanol–water partition coefficient (Wildman–Crippen LogP) is 9.32. The van der Waals surface area contributed by atoms with E-state index in [4.69, 9.17) is 0 Å². The van der Waals surface area contributed by atoms with Crippen LogP contribution < -0.4 is 0 Å². The van der Waals surface area contributed by atoms with E-state index in [0.29, 0.717) is 6.42 Å². The van der Waals surface area contributed by atoms with E-state index >= 15 is 0 Å². The summed E-state index contributed by atoms with van der Waals surface area (Å²) in [6, 6.07) is 0. The van der Waals surface area contributed by atoms with Crippen LogP contribution in [-0.2, 0) is 9.53 Å². The van der Waals surface area contributed by atoms with E-state index in [0.717, 1.165) is 6.42 Å². The van der Waals surface area contributed by atoms with E-state index in [1.54, 1.807) is 0 Å². The van der Waals surface area contributed by atoms with Crippen molar-refractivity contribution in [3.63, 3.8) is 0 Å². The molecular weight excluding hydrogens is 356 g/mol. The highest BCUT2D eigenvalue weighted by atomic mass is 16.5. The number of allylic oxidation sites excluding steroid dienone is 2. The lowest BCUT2D eigenvalue weighted by molar-refractivity contribution is -0.140. The van der Waals surface area contributed by atoms with E-state index in [-0.39, 0.29) is 5.97 Å². The Kier molecular flexibility index (Phi) is 24.6. The van der Waals surface area contributed by atoms with Gasteiger partial charge in [0.15, 0.2) is 0 Å². The molecule has 0 saturated heterocycles. The summed E-state index contributed by atoms with van der Waals surface area (Å²) in [7, 11) is 1.47. The van der Waals surface area contributed by atoms with Crippen molar-refractivity contribution in [2.75, 3.05) is 7.11 Å². The second kappa shape index (κ2) is 25.2. The molecule has 0 radical (unpaired) electrons. The maximum Gasteiger partial charge on any atom is 0.305 e. The fourth-order valence-electron chi connectivity index (χ4n) is 3.86. The van der Waals surface area contributed by atoms with Gasteiger partial charge in [-0.2, -0.15) is 0 Å². The molecule has 0 amide bonds. The first-order valence-electron chi connectivity index (χ1n) is 13.0. The van der Waals surface area contributed by atoms with Crippen molar-refractivity contribution >= 4 is 5.97 Å². The topological polar surface area (TPSA) is 26.3 Å². The second-order valence-electron chi connectivity index (χ2n) is 8.74. The molecule has 0 N–H and O–H groups in total. The highest BCUT2D eigenvalue weighted by molar-refractivity contribution is 5.68. The monoisotopic (exact) mass is 408 g/mol. The highest BCUT2D eigenvalue weighted by Gasteiger charge is 1.99. The number of rotatable bonds is 23. The zero-order valence-electron chi connectivity index (χ0n) is 20.0. The Balaban J connectivity index is 3.06. The Morgan fingerprint density at radius 1 is 0.552 bits per heavy atom. The molecule has 172 valence electrons. The van der Waals surface area contributed by atoms with Gasteiger partial charge in [0.05, 0.1) is 7.11 Å². The lowest BCUT2D eigenvalue weighted by Gasteiger charge is -2.03. The lowest BCUT2D eigenvalue weighted by Crippen LogP contribution is -1.99. The number of methoxy groups -OCH3 is 1. The van der Waals surface area contributed by atoms with Gasteiger partial charge in [0, 0.05) is 6.42 Å². The third-order valence-corrected chi connectivity index (χ3v) is 5.87. The van der Waals surface area contributed by atoms with Crippen molar-refractivity contribution in [2.24, 2.45) is 0 Å². The van der Waals surface area contributed by atoms with Crippen LogP contribution in [0.4, 0.5) is 0 Å². The maximum absolute atomic E-state index is 11.0. The number of carbonyl (C=O) groups is 1. The average molecular weight is 409 g/mol. The van der Waals surface area contributed by atoms with E-state index < -0.39 is 0 Å². The largest absolute Gasteiger partial charge is 0.469 e. The molecule has 0 aromatic heterocycles. The van der Waals surface area contributed by atoms with E-state index in [2.05, 4.69) is 23.8 Å². The SMILES string of the molecule is CCCCCCC=CCCCCCCCCCCCCCCCCCC(=O)OC. The van der Waals surface area contributed by atoms with Crippen molar-refractivity contribution < 1.29 is 9.53 Å². The van der Waals surface area contributed by atoms with Gasteiger partial charge in [-0.1, -0.05) is 122 Å². The van der Waals surface area contributed by atoms with Gasteiger partial charge in [-0.3, -0.25) is 4.79 Å². The molecule has 0 unspecified atom stereocenters. The first-order chi connectivity index (χ1) is 14.3. The molecule has 2 heteroatoms. The molecule has 0 fully saturated rings. The molecule has 2 nitrogen and oxygen atoms in total. The zero-order chi connectivity index (χ0) is 21.3. The minimum absolute atomic E-state index is 0.0642. The molecule has 0 aliphatic heterocycles. The van der Waals surface area contributed by atoms with Gasteiger partial charge in [-0.05, 0) is 32.1 Å². The van der Waals surface area contributed by atoms with Crippen molar-refractivity contribution in [1.82, 2.24) is 0 Å². The Hall–Kier alpha value is -0.790. The Labute approximate surface area is 183 Å². The lowest BCUT2D eigenvalue weighted by atomic mass is 10.0. The van der Waals surface area contributed by atoms with E-state index in [1.165, 1.54) is 136 Å². The molecule has 0 saturated carbocycles. The summed E-state index contributed by atoms with van der Waals surface area (Å²) < 4.78 is 4.66. The van der Waals surface area contributed by atoms with Gasteiger partial charge in [0.2, 0.25) is 0 Å². The molecule has 0 atom stereocenters. The molecule has 0 heterocycles. The van der Waals surface area contributed by atoms with Crippen molar-refractivity contribution in [3.05, 3.63) is 12.2 Å². The second-order valence-corrected chi connectivity index (χ2v) is 8.74. The number of hydrogen-bond donors (Lipinski definition) is 0. The molecule has 0 rings (SSSR count). The molecule has 0 aromatic rings. The number of ether oxygens (including phenoxy) is 1. The van der Waals surface area contributed by atoms with Crippen LogP contribution in [0.2, 0.25) is 0 Å². The summed E-state index contributed by atoms with van der Waals surface area (Å²) in [4.78, 5) is 11.0. The molecule has 0 aliphatic carbocycles. The Morgan fingerprint density at radius 3 is 1.28 bits per heavy atom. The summed E-state index contributed by atoms with van der Waals surface area (Å²) >= 11 is 0. The number of carbonyl (C=O) groups excluding carboxylic acids is 1. The van der Waals surface area contributed by atoms with Gasteiger partial charge in [0.1, 0.15) is 0 Å². The van der Waals surface area contributed by atoms with Crippen LogP contribution in [0.3, 0.4) is 0 Å². The fourth-order valence-corrected chi connectivity index (χ4v) is 3.86. The highest BCUT2D eigenvalue weighted by Crippen LogP contribution is 2.14. The number of hydrogen-bond acceptors (Lipinski definition) is 2. The predicted molar refractivity (Wildman–Crippen MR) is 128 cm³/mol. The van der Waals surface area contributed by atoms with Crippen molar-refractivity contribution in [1.29, 1.82) is 0 Å². The quantitative estimate of drug-likeness (QED) is 0.0956. The van der Waals surface area contributed by atoms with E-state index in [9.17, 15) is 4.79 Å². The third-order valence-electron chi connectivity index (χ3n) is 5.87. The number of esters is 1. The summed E-state index contributed by atoms with van der Waals surface area (Å²) in [5, 5.41) is 0. The molecule has 29 heavy (non-hydrogen) atoms. The smallest absolute Gasteiger partial charge is 0.305 e. The van der Waals surface area contributed by atoms with Crippen LogP contribution >= 0.6 is 0 Å². The van der Waals surface area contributed by atoms with Gasteiger partial charge < -0.3 is 4.74 Å². The van der Waals surface area contributed by atoms with Crippen LogP contribution in [0, 0.1) is 0 Å². The molecule has 0 spiro atoms. The first kappa shape index (κ1) is 28.2. The first-order valence-corrected chi connectivity index (χ1v) is 13.0. The fraction of sp³-hybridized carbons (Fsp3) is 0.889. The zero-order valence-corrected chi connectivity index (χ0v) is 20.0. The van der Waals surface area contributed by atoms with Gasteiger partial charge in [0.25, 0.3) is 0 Å². The maximum atomic E-state index is 11.0. The summed E-state index contributed by atoms with van der Waals surface area (Å²) in [6.07, 6.45) is 33.8. The van der Waals surface area contributed by atoms with Crippen LogP contribution in [0.1, 0.15) is 148 Å². The average Bonchev–Trinajstić information content (AvgIpc) is 2.74. The summed E-state index contributed by atoms with van der Waals surface area (Å²) in [5.41, 5.74) is 0. The molecule has 0 aliphatic rings. The van der Waals surface area contributed by atoms with Gasteiger partial charge in [-0.25, -0.2) is 0 Å². The Bertz CT molecular complexity index is 348. The van der Waals surface area contributed by atoms with Crippen LogP contribution in [0.15, 0.2) is 12.2 Å². The standard InChI is InChI=1S/C27H52O2/c1-3-4-5-6-7-8-9-10-11-12-13-14-15-16-17-18-19-20-21-22-23-24-25-26-27(28)29-2/h8-9H,3-7,10-26H2,1-2H3. The summed E-state index contributed by atoms with van der Waals surface area (Å²) in [6.45, 7) is 2.28. The van der Waals surface area contributed by atoms with Crippen molar-refractivity contribution in [2.45, 2.75) is 148 Å². The molecule has 0 bridgehead atoms. The molecular formula is C27H52O2. The van der Waals surface area contributed by atoms with E-state index in [1.807, 2.05) is 0 Å². The summed E-state index contributed by atoms with van der Waals surface area (Å²) in [5.74, 6) is -0.0642. The van der Waals surface area contributed by atoms with Crippen LogP contribution in [-0.4, -0.2) is 13.1 Å².